The number of rotatable bonds is 6. The molecule has 140 valence electrons. The van der Waals surface area contributed by atoms with E-state index in [0.717, 1.165) is 0 Å². The number of allylic oxidation sites excluding steroid dienone is 2. The van der Waals surface area contributed by atoms with E-state index in [1.54, 1.807) is 26.0 Å². The van der Waals surface area contributed by atoms with Gasteiger partial charge in [0.25, 0.3) is 5.56 Å². The Morgan fingerprint density at radius 3 is 2.52 bits per heavy atom. The van der Waals surface area contributed by atoms with Gasteiger partial charge in [0.1, 0.15) is 11.6 Å². The maximum Gasteiger partial charge on any atom is 0.266 e. The Morgan fingerprint density at radius 1 is 1.37 bits per heavy atom. The maximum atomic E-state index is 12.5. The fourth-order valence-corrected chi connectivity index (χ4v) is 2.59. The molecule has 0 aliphatic carbocycles. The summed E-state index contributed by atoms with van der Waals surface area (Å²) in [6.07, 6.45) is 3.95. The van der Waals surface area contributed by atoms with Crippen LogP contribution < -0.4 is 10.8 Å². The van der Waals surface area contributed by atoms with E-state index < -0.39 is 16.2 Å². The highest BCUT2D eigenvalue weighted by atomic mass is 16.8. The number of H-pyrrole nitrogens is 1. The number of aromatic nitrogens is 1. The molecule has 1 heterocycles. The zero-order chi connectivity index (χ0) is 20.2. The van der Waals surface area contributed by atoms with Crippen LogP contribution in [0.4, 0.5) is 5.69 Å². The number of pyridine rings is 1. The van der Waals surface area contributed by atoms with Gasteiger partial charge in [-0.1, -0.05) is 13.0 Å². The van der Waals surface area contributed by atoms with Crippen LogP contribution in [0.1, 0.15) is 38.4 Å². The predicted octanol–water partition coefficient (Wildman–Crippen LogP) is 2.13. The van der Waals surface area contributed by atoms with E-state index >= 15 is 0 Å². The van der Waals surface area contributed by atoms with Gasteiger partial charge >= 0.3 is 0 Å². The van der Waals surface area contributed by atoms with Crippen molar-refractivity contribution in [2.45, 2.75) is 32.6 Å². The molecule has 27 heavy (non-hydrogen) atoms. The van der Waals surface area contributed by atoms with Crippen LogP contribution in [-0.4, -0.2) is 16.0 Å². The smallest absolute Gasteiger partial charge is 0.266 e. The van der Waals surface area contributed by atoms with E-state index in [9.17, 15) is 20.1 Å². The summed E-state index contributed by atoms with van der Waals surface area (Å²) in [5.41, 5.74) is -0.308. The average Bonchev–Trinajstić information content (AvgIpc) is 2.65. The normalized spacial score (nSPS) is 12.7. The molecule has 0 aliphatic rings. The molecular formula is C20H21N3O4. The summed E-state index contributed by atoms with van der Waals surface area (Å²) in [6, 6.07) is 9.37. The van der Waals surface area contributed by atoms with Gasteiger partial charge in [-0.2, -0.15) is 10.5 Å². The van der Waals surface area contributed by atoms with Gasteiger partial charge in [-0.3, -0.25) is 9.59 Å². The highest BCUT2D eigenvalue weighted by molar-refractivity contribution is 5.98. The minimum Gasteiger partial charge on any atom is -0.595 e. The number of quaternary nitrogens is 1. The minimum absolute atomic E-state index is 0.0887. The zero-order valence-electron chi connectivity index (χ0n) is 15.4. The van der Waals surface area contributed by atoms with Crippen molar-refractivity contribution >= 4 is 11.5 Å². The molecule has 0 saturated carbocycles. The molecule has 2 rings (SSSR count). The van der Waals surface area contributed by atoms with Gasteiger partial charge in [-0.05, 0) is 50.1 Å². The predicted molar refractivity (Wildman–Crippen MR) is 100 cm³/mol. The first-order valence-electron chi connectivity index (χ1n) is 8.45. The Bertz CT molecular complexity index is 964. The molecule has 3 N–H and O–H groups in total. The number of carbonyl (C=O) groups is 1. The second-order valence-corrected chi connectivity index (χ2v) is 6.59. The second kappa shape index (κ2) is 8.10. The van der Waals surface area contributed by atoms with Crippen molar-refractivity contribution in [2.24, 2.45) is 0 Å². The Balaban J connectivity index is 2.62. The molecule has 0 amide bonds. The molecule has 0 radical (unpaired) electrons. The molecule has 1 aromatic heterocycles. The van der Waals surface area contributed by atoms with Crippen molar-refractivity contribution < 1.29 is 15.2 Å². The van der Waals surface area contributed by atoms with Crippen LogP contribution in [0.25, 0.3) is 11.1 Å². The summed E-state index contributed by atoms with van der Waals surface area (Å²) < 4.78 is 0. The third-order valence-electron chi connectivity index (χ3n) is 4.38. The van der Waals surface area contributed by atoms with Crippen LogP contribution in [0.3, 0.4) is 0 Å². The fraction of sp³-hybridized carbons (Fsp3) is 0.250. The van der Waals surface area contributed by atoms with Gasteiger partial charge in [0.15, 0.2) is 11.5 Å². The van der Waals surface area contributed by atoms with Crippen LogP contribution in [0, 0.1) is 16.5 Å². The first kappa shape index (κ1) is 20.3. The number of nitrogens with zero attached hydrogens (tertiary/aromatic N) is 1. The van der Waals surface area contributed by atoms with E-state index in [2.05, 4.69) is 4.98 Å². The van der Waals surface area contributed by atoms with Crippen molar-refractivity contribution in [1.82, 2.24) is 4.98 Å². The lowest BCUT2D eigenvalue weighted by Gasteiger charge is -2.22. The topological polar surface area (TPSA) is 121 Å². The number of hydrogen-bond donors (Lipinski definition) is 3. The molecular weight excluding hydrogens is 346 g/mol. The Kier molecular flexibility index (Phi) is 6.08. The highest BCUT2D eigenvalue weighted by Gasteiger charge is 2.30. The molecule has 1 aromatic carbocycles. The van der Waals surface area contributed by atoms with Gasteiger partial charge in [0.05, 0.1) is 5.41 Å². The van der Waals surface area contributed by atoms with Gasteiger partial charge < -0.3 is 10.2 Å². The molecule has 1 atom stereocenters. The van der Waals surface area contributed by atoms with E-state index in [0.29, 0.717) is 23.2 Å². The molecule has 7 nitrogen and oxygen atoms in total. The van der Waals surface area contributed by atoms with Crippen molar-refractivity contribution in [3.63, 3.8) is 0 Å². The van der Waals surface area contributed by atoms with Gasteiger partial charge in [-0.15, -0.1) is 0 Å². The van der Waals surface area contributed by atoms with Gasteiger partial charge in [-0.25, -0.2) is 5.21 Å². The quantitative estimate of drug-likeness (QED) is 0.533. The monoisotopic (exact) mass is 367 g/mol. The summed E-state index contributed by atoms with van der Waals surface area (Å²) in [6.45, 7) is 5.31. The van der Waals surface area contributed by atoms with Crippen molar-refractivity contribution in [1.29, 1.82) is 5.26 Å². The standard InChI is InChI=1S/C20H21N3O4/c1-4-5-6-18(24)20(2,3)17-11-15(16(12-21)19(25)22-17)13-7-9-14(10-8-13)23(26)27/h5-11,23,26H,4H2,1-3H3,(H,22,25)/b6-5-. The van der Waals surface area contributed by atoms with E-state index in [-0.39, 0.29) is 17.0 Å². The molecule has 0 aliphatic heterocycles. The minimum atomic E-state index is -1.07. The number of nitrogens with one attached hydrogen (secondary N) is 2. The van der Waals surface area contributed by atoms with Crippen LogP contribution in [0.5, 0.6) is 0 Å². The summed E-state index contributed by atoms with van der Waals surface area (Å²) in [7, 11) is 0. The van der Waals surface area contributed by atoms with Crippen LogP contribution >= 0.6 is 0 Å². The van der Waals surface area contributed by atoms with E-state index in [4.69, 9.17) is 5.21 Å². The maximum absolute atomic E-state index is 12.5. The van der Waals surface area contributed by atoms with Crippen LogP contribution in [-0.2, 0) is 10.2 Å². The first-order valence-corrected chi connectivity index (χ1v) is 8.45. The number of aromatic amines is 1. The van der Waals surface area contributed by atoms with Crippen LogP contribution in [0.2, 0.25) is 0 Å². The van der Waals surface area contributed by atoms with E-state index in [1.807, 2.05) is 13.0 Å². The Labute approximate surface area is 156 Å². The number of hydrogen-bond acceptors (Lipinski definition) is 5. The number of nitriles is 1. The van der Waals surface area contributed by atoms with Crippen molar-refractivity contribution in [3.05, 3.63) is 69.3 Å². The molecule has 2 aromatic rings. The lowest BCUT2D eigenvalue weighted by Crippen LogP contribution is -2.99. The number of benzene rings is 1. The summed E-state index contributed by atoms with van der Waals surface area (Å²) in [4.78, 5) is 27.6. The van der Waals surface area contributed by atoms with Crippen molar-refractivity contribution in [3.8, 4) is 17.2 Å². The lowest BCUT2D eigenvalue weighted by molar-refractivity contribution is -0.991. The third-order valence-corrected chi connectivity index (χ3v) is 4.38. The summed E-state index contributed by atoms with van der Waals surface area (Å²) in [5.74, 6) is -0.170. The summed E-state index contributed by atoms with van der Waals surface area (Å²) >= 11 is 0. The molecule has 0 saturated heterocycles. The molecule has 7 heteroatoms. The average molecular weight is 367 g/mol. The van der Waals surface area contributed by atoms with Gasteiger partial charge in [0, 0.05) is 23.4 Å². The lowest BCUT2D eigenvalue weighted by atomic mass is 9.82. The first-order chi connectivity index (χ1) is 12.7. The Morgan fingerprint density at radius 2 is 2.00 bits per heavy atom. The van der Waals surface area contributed by atoms with E-state index in [1.165, 1.54) is 30.3 Å². The molecule has 0 fully saturated rings. The zero-order valence-corrected chi connectivity index (χ0v) is 15.4. The largest absolute Gasteiger partial charge is 0.595 e. The summed E-state index contributed by atoms with van der Waals surface area (Å²) in [5, 5.41) is 28.4. The number of carbonyl (C=O) groups excluding carboxylic acids is 1. The molecule has 0 spiro atoms. The highest BCUT2D eigenvalue weighted by Crippen LogP contribution is 2.29. The SMILES string of the molecule is CC/C=C\C(=O)C(C)(C)c1cc(-c2ccc([NH+]([O-])O)cc2)c(C#N)c(=O)[nH]1. The van der Waals surface area contributed by atoms with Gasteiger partial charge in [0.2, 0.25) is 0 Å². The van der Waals surface area contributed by atoms with Crippen LogP contribution in [0.15, 0.2) is 47.3 Å². The number of ketones is 1. The fourth-order valence-electron chi connectivity index (χ4n) is 2.59. The Hall–Kier alpha value is -3.05. The third kappa shape index (κ3) is 4.20. The second-order valence-electron chi connectivity index (χ2n) is 6.59. The molecule has 1 unspecified atom stereocenters. The van der Waals surface area contributed by atoms with Crippen molar-refractivity contribution in [2.75, 3.05) is 0 Å². The molecule has 0 bridgehead atoms.